The number of carbonyl (C=O) groups excluding carboxylic acids is 1. The molecule has 0 atom stereocenters. The number of para-hydroxylation sites is 1. The lowest BCUT2D eigenvalue weighted by atomic mass is 10.2. The van der Waals surface area contributed by atoms with E-state index < -0.39 is 39.1 Å². The number of benzene rings is 2. The third-order valence-electron chi connectivity index (χ3n) is 3.51. The molecule has 0 spiro atoms. The minimum Gasteiger partial charge on any atom is -0.374 e. The fraction of sp³-hybridized carbons (Fsp3) is 0.125. The van der Waals surface area contributed by atoms with Crippen LogP contribution < -0.4 is 9.50 Å². The average Bonchev–Trinajstić information content (AvgIpc) is 3.05. The first-order valence-electron chi connectivity index (χ1n) is 7.67. The van der Waals surface area contributed by atoms with Gasteiger partial charge in [0.25, 0.3) is 0 Å². The third kappa shape index (κ3) is 4.48. The van der Waals surface area contributed by atoms with E-state index in [4.69, 9.17) is 0 Å². The topological polar surface area (TPSA) is 85.4 Å². The Morgan fingerprint density at radius 2 is 1.70 bits per heavy atom. The second-order valence-electron chi connectivity index (χ2n) is 5.63. The molecular weight excluding hydrogens is 462 g/mol. The van der Waals surface area contributed by atoms with Crippen LogP contribution in [0.5, 0.6) is 5.75 Å². The maximum Gasteiger partial charge on any atom is 0.534 e. The van der Waals surface area contributed by atoms with Gasteiger partial charge in [0.15, 0.2) is 5.75 Å². The smallest absolute Gasteiger partial charge is 0.374 e. The molecule has 1 heterocycles. The van der Waals surface area contributed by atoms with E-state index >= 15 is 0 Å². The molecule has 1 N–H and O–H groups in total. The van der Waals surface area contributed by atoms with E-state index in [0.717, 1.165) is 29.5 Å². The maximum atomic E-state index is 12.7. The lowest BCUT2D eigenvalue weighted by Crippen LogP contribution is -2.31. The molecule has 2 aromatic carbocycles. The highest BCUT2D eigenvalue weighted by molar-refractivity contribution is 7.88. The molecule has 0 saturated heterocycles. The van der Waals surface area contributed by atoms with Gasteiger partial charge in [-0.25, -0.2) is 4.98 Å². The zero-order valence-corrected chi connectivity index (χ0v) is 15.8. The van der Waals surface area contributed by atoms with Crippen LogP contribution in [0.15, 0.2) is 42.5 Å². The summed E-state index contributed by atoms with van der Waals surface area (Å²) in [4.78, 5) is 15.4. The number of nitrogens with one attached hydrogen (secondary N) is 1. The first-order chi connectivity index (χ1) is 13.8. The molecular formula is C16H8F6N2O4S2. The summed E-state index contributed by atoms with van der Waals surface area (Å²) < 4.78 is 103. The van der Waals surface area contributed by atoms with Crippen LogP contribution in [0.25, 0.3) is 20.8 Å². The summed E-state index contributed by atoms with van der Waals surface area (Å²) >= 11 is 1.10. The van der Waals surface area contributed by atoms with E-state index in [-0.39, 0.29) is 10.6 Å². The van der Waals surface area contributed by atoms with Crippen molar-refractivity contribution in [3.8, 4) is 16.3 Å². The average molecular weight is 470 g/mol. The van der Waals surface area contributed by atoms with Gasteiger partial charge in [0, 0.05) is 5.56 Å². The Bertz CT molecular complexity index is 1190. The van der Waals surface area contributed by atoms with Crippen LogP contribution in [0.2, 0.25) is 0 Å². The standard InChI is InChI=1S/C16H8F6N2O4S2/c17-15(18,19)14(25)24-9-6-5-8(7-11(9)28-30(26,27)16(20,21)22)13-23-10-3-1-2-4-12(10)29-13/h1-7H,(H,24,25). The number of rotatable bonds is 4. The van der Waals surface area contributed by atoms with Crippen LogP contribution >= 0.6 is 11.3 Å². The van der Waals surface area contributed by atoms with Crippen LogP contribution in [-0.2, 0) is 14.9 Å². The highest BCUT2D eigenvalue weighted by atomic mass is 32.2. The zero-order valence-electron chi connectivity index (χ0n) is 14.2. The van der Waals surface area contributed by atoms with Gasteiger partial charge in [-0.1, -0.05) is 12.1 Å². The minimum atomic E-state index is -6.22. The first kappa shape index (κ1) is 21.8. The van der Waals surface area contributed by atoms with Gasteiger partial charge in [-0.2, -0.15) is 34.8 Å². The molecule has 3 rings (SSSR count). The SMILES string of the molecule is O=C(Nc1ccc(-c2nc3ccccc3s2)cc1OS(=O)(=O)C(F)(F)F)C(F)(F)F. The van der Waals surface area contributed by atoms with Crippen molar-refractivity contribution >= 4 is 43.3 Å². The number of amides is 1. The monoisotopic (exact) mass is 470 g/mol. The van der Waals surface area contributed by atoms with Gasteiger partial charge in [0.05, 0.1) is 15.9 Å². The molecule has 0 aliphatic heterocycles. The normalized spacial score (nSPS) is 12.7. The second kappa shape index (κ2) is 7.43. The van der Waals surface area contributed by atoms with Gasteiger partial charge in [-0.15, -0.1) is 11.3 Å². The molecule has 30 heavy (non-hydrogen) atoms. The Morgan fingerprint density at radius 3 is 2.30 bits per heavy atom. The van der Waals surface area contributed by atoms with Gasteiger partial charge in [-0.05, 0) is 30.3 Å². The summed E-state index contributed by atoms with van der Waals surface area (Å²) in [6, 6.07) is 9.44. The van der Waals surface area contributed by atoms with Crippen molar-refractivity contribution in [1.29, 1.82) is 0 Å². The number of halogens is 6. The fourth-order valence-corrected chi connectivity index (χ4v) is 3.61. The van der Waals surface area contributed by atoms with Gasteiger partial charge in [-0.3, -0.25) is 4.79 Å². The van der Waals surface area contributed by atoms with Crippen molar-refractivity contribution < 1.29 is 43.7 Å². The molecule has 0 bridgehead atoms. The Kier molecular flexibility index (Phi) is 5.41. The van der Waals surface area contributed by atoms with E-state index in [9.17, 15) is 39.6 Å². The van der Waals surface area contributed by atoms with E-state index in [1.807, 2.05) is 0 Å². The number of aromatic nitrogens is 1. The van der Waals surface area contributed by atoms with Crippen LogP contribution in [0, 0.1) is 0 Å². The number of fused-ring (bicyclic) bond motifs is 1. The van der Waals surface area contributed by atoms with Gasteiger partial charge in [0.2, 0.25) is 0 Å². The Labute approximate surface area is 168 Å². The predicted molar refractivity (Wildman–Crippen MR) is 95.3 cm³/mol. The molecule has 0 fully saturated rings. The molecule has 0 aliphatic carbocycles. The van der Waals surface area contributed by atoms with Crippen molar-refractivity contribution in [3.63, 3.8) is 0 Å². The summed E-state index contributed by atoms with van der Waals surface area (Å²) in [6.45, 7) is 0. The lowest BCUT2D eigenvalue weighted by Gasteiger charge is -2.15. The number of alkyl halides is 6. The number of thiazole rings is 1. The predicted octanol–water partition coefficient (Wildman–Crippen LogP) is 4.69. The van der Waals surface area contributed by atoms with Crippen molar-refractivity contribution in [2.45, 2.75) is 11.7 Å². The molecule has 0 radical (unpaired) electrons. The second-order valence-corrected chi connectivity index (χ2v) is 8.20. The van der Waals surface area contributed by atoms with Crippen molar-refractivity contribution in [3.05, 3.63) is 42.5 Å². The number of hydrogen-bond acceptors (Lipinski definition) is 6. The number of nitrogens with zero attached hydrogens (tertiary/aromatic N) is 1. The largest absolute Gasteiger partial charge is 0.534 e. The van der Waals surface area contributed by atoms with E-state index in [1.165, 1.54) is 5.32 Å². The molecule has 14 heteroatoms. The number of anilines is 1. The maximum absolute atomic E-state index is 12.7. The number of hydrogen-bond donors (Lipinski definition) is 1. The van der Waals surface area contributed by atoms with Crippen molar-refractivity contribution in [2.75, 3.05) is 5.32 Å². The summed E-state index contributed by atoms with van der Waals surface area (Å²) in [5, 5.41) is 1.53. The van der Waals surface area contributed by atoms with E-state index in [1.54, 1.807) is 24.3 Å². The van der Waals surface area contributed by atoms with Crippen molar-refractivity contribution in [2.24, 2.45) is 0 Å². The first-order valence-corrected chi connectivity index (χ1v) is 9.89. The Morgan fingerprint density at radius 1 is 1.03 bits per heavy atom. The molecule has 3 aromatic rings. The molecule has 1 amide bonds. The molecule has 0 aliphatic rings. The molecule has 6 nitrogen and oxygen atoms in total. The van der Waals surface area contributed by atoms with Crippen LogP contribution in [0.3, 0.4) is 0 Å². The number of carbonyl (C=O) groups is 1. The van der Waals surface area contributed by atoms with Gasteiger partial charge < -0.3 is 9.50 Å². The summed E-state index contributed by atoms with van der Waals surface area (Å²) in [6.07, 6.45) is -5.37. The summed E-state index contributed by atoms with van der Waals surface area (Å²) in [5.74, 6) is -3.67. The Hall–Kier alpha value is -2.87. The molecule has 0 unspecified atom stereocenters. The van der Waals surface area contributed by atoms with Gasteiger partial charge in [0.1, 0.15) is 5.01 Å². The Balaban J connectivity index is 2.08. The lowest BCUT2D eigenvalue weighted by molar-refractivity contribution is -0.167. The highest BCUT2D eigenvalue weighted by Gasteiger charge is 2.49. The highest BCUT2D eigenvalue weighted by Crippen LogP contribution is 2.38. The molecule has 0 saturated carbocycles. The van der Waals surface area contributed by atoms with E-state index in [0.29, 0.717) is 10.2 Å². The summed E-state index contributed by atoms with van der Waals surface area (Å²) in [5.41, 5.74) is -6.16. The minimum absolute atomic E-state index is 0.0635. The van der Waals surface area contributed by atoms with Crippen molar-refractivity contribution in [1.82, 2.24) is 4.98 Å². The third-order valence-corrected chi connectivity index (χ3v) is 5.56. The zero-order chi connectivity index (χ0) is 22.3. The van der Waals surface area contributed by atoms with E-state index in [2.05, 4.69) is 9.17 Å². The van der Waals surface area contributed by atoms with Crippen LogP contribution in [-0.4, -0.2) is 31.0 Å². The molecule has 1 aromatic heterocycles. The fourth-order valence-electron chi connectivity index (χ4n) is 2.18. The van der Waals surface area contributed by atoms with Crippen LogP contribution in [0.1, 0.15) is 0 Å². The van der Waals surface area contributed by atoms with Gasteiger partial charge >= 0.3 is 27.7 Å². The summed E-state index contributed by atoms with van der Waals surface area (Å²) in [7, 11) is -6.22. The quantitative estimate of drug-likeness (QED) is 0.340. The van der Waals surface area contributed by atoms with Crippen LogP contribution in [0.4, 0.5) is 32.0 Å². The molecule has 160 valence electrons.